The topological polar surface area (TPSA) is 68.9 Å². The lowest BCUT2D eigenvalue weighted by atomic mass is 10.2. The largest absolute Gasteiger partial charge is 0.454 e. The summed E-state index contributed by atoms with van der Waals surface area (Å²) in [6.45, 7) is 4.93. The van der Waals surface area contributed by atoms with Gasteiger partial charge in [-0.2, -0.15) is 0 Å². The Labute approximate surface area is 121 Å². The maximum Gasteiger partial charge on any atom is 0.231 e. The van der Waals surface area contributed by atoms with Crippen LogP contribution >= 0.6 is 15.9 Å². The first kappa shape index (κ1) is 14.0. The van der Waals surface area contributed by atoms with Gasteiger partial charge in [0.25, 0.3) is 0 Å². The van der Waals surface area contributed by atoms with E-state index < -0.39 is 0 Å². The van der Waals surface area contributed by atoms with Crippen LogP contribution in [0.5, 0.6) is 11.5 Å². The van der Waals surface area contributed by atoms with E-state index >= 15 is 0 Å². The number of hydrogen-bond donors (Lipinski definition) is 2. The van der Waals surface area contributed by atoms with Crippen LogP contribution in [0.25, 0.3) is 0 Å². The fraction of sp³-hybridized carbons (Fsp3) is 0.462. The van der Waals surface area contributed by atoms with E-state index in [4.69, 9.17) is 15.2 Å². The maximum absolute atomic E-state index is 5.82. The number of ether oxygens (including phenoxy) is 2. The van der Waals surface area contributed by atoms with Crippen LogP contribution in [-0.2, 0) is 6.54 Å². The fourth-order valence-electron chi connectivity index (χ4n) is 1.69. The molecule has 1 atom stereocenters. The normalized spacial score (nSPS) is 15.4. The predicted octanol–water partition coefficient (Wildman–Crippen LogP) is 2.38. The molecule has 104 valence electrons. The molecule has 1 aromatic rings. The molecule has 1 aliphatic rings. The third kappa shape index (κ3) is 3.53. The van der Waals surface area contributed by atoms with Crippen molar-refractivity contribution in [2.24, 2.45) is 10.7 Å². The lowest BCUT2D eigenvalue weighted by Crippen LogP contribution is -2.38. The Hall–Kier alpha value is -1.43. The Morgan fingerprint density at radius 1 is 1.53 bits per heavy atom. The van der Waals surface area contributed by atoms with Gasteiger partial charge in [-0.3, -0.25) is 0 Å². The van der Waals surface area contributed by atoms with Crippen molar-refractivity contribution in [3.05, 3.63) is 22.2 Å². The zero-order chi connectivity index (χ0) is 13.8. The minimum Gasteiger partial charge on any atom is -0.454 e. The maximum atomic E-state index is 5.82. The number of guanidine groups is 1. The molecule has 1 aliphatic heterocycles. The van der Waals surface area contributed by atoms with Crippen molar-refractivity contribution in [2.75, 3.05) is 6.79 Å². The number of benzene rings is 1. The van der Waals surface area contributed by atoms with Gasteiger partial charge in [-0.25, -0.2) is 4.99 Å². The van der Waals surface area contributed by atoms with Crippen LogP contribution < -0.4 is 20.5 Å². The van der Waals surface area contributed by atoms with Crippen LogP contribution in [-0.4, -0.2) is 18.8 Å². The van der Waals surface area contributed by atoms with Crippen molar-refractivity contribution in [1.29, 1.82) is 0 Å². The zero-order valence-electron chi connectivity index (χ0n) is 11.1. The van der Waals surface area contributed by atoms with Crippen LogP contribution in [0, 0.1) is 0 Å². The van der Waals surface area contributed by atoms with Gasteiger partial charge in [0.15, 0.2) is 17.5 Å². The zero-order valence-corrected chi connectivity index (χ0v) is 12.7. The number of halogens is 1. The number of nitrogens with two attached hydrogens (primary N) is 1. The molecule has 0 saturated heterocycles. The van der Waals surface area contributed by atoms with Crippen LogP contribution in [0.15, 0.2) is 21.6 Å². The molecule has 0 spiro atoms. The van der Waals surface area contributed by atoms with Gasteiger partial charge in [0.2, 0.25) is 6.79 Å². The van der Waals surface area contributed by atoms with Crippen LogP contribution in [0.3, 0.4) is 0 Å². The van der Waals surface area contributed by atoms with Crippen molar-refractivity contribution in [1.82, 2.24) is 5.32 Å². The van der Waals surface area contributed by atoms with E-state index in [0.717, 1.165) is 28.0 Å². The Bertz CT molecular complexity index is 491. The number of nitrogens with zero attached hydrogens (tertiary/aromatic N) is 1. The number of aliphatic imine (C=N–C) groups is 1. The number of hydrogen-bond acceptors (Lipinski definition) is 3. The minimum atomic E-state index is 0.262. The third-order valence-corrected chi connectivity index (χ3v) is 3.51. The number of fused-ring (bicyclic) bond motifs is 1. The Morgan fingerprint density at radius 2 is 2.32 bits per heavy atom. The smallest absolute Gasteiger partial charge is 0.231 e. The number of rotatable bonds is 4. The lowest BCUT2D eigenvalue weighted by Gasteiger charge is -2.11. The molecule has 0 bridgehead atoms. The molecule has 19 heavy (non-hydrogen) atoms. The van der Waals surface area contributed by atoms with Crippen molar-refractivity contribution < 1.29 is 9.47 Å². The van der Waals surface area contributed by atoms with E-state index in [1.807, 2.05) is 12.1 Å². The molecule has 1 aromatic carbocycles. The fourth-order valence-corrected chi connectivity index (χ4v) is 2.29. The molecule has 1 unspecified atom stereocenters. The highest BCUT2D eigenvalue weighted by Gasteiger charge is 2.17. The van der Waals surface area contributed by atoms with E-state index in [-0.39, 0.29) is 6.79 Å². The monoisotopic (exact) mass is 327 g/mol. The summed E-state index contributed by atoms with van der Waals surface area (Å²) in [4.78, 5) is 4.32. The average Bonchev–Trinajstić information content (AvgIpc) is 2.85. The first-order valence-corrected chi connectivity index (χ1v) is 7.04. The molecule has 1 heterocycles. The summed E-state index contributed by atoms with van der Waals surface area (Å²) in [6.07, 6.45) is 1.01. The average molecular weight is 328 g/mol. The summed E-state index contributed by atoms with van der Waals surface area (Å²) in [5.41, 5.74) is 6.84. The highest BCUT2D eigenvalue weighted by molar-refractivity contribution is 9.10. The molecule has 6 heteroatoms. The van der Waals surface area contributed by atoms with E-state index in [1.54, 1.807) is 0 Å². The molecule has 0 amide bonds. The molecule has 0 saturated carbocycles. The standard InChI is InChI=1S/C13H18BrN3O2/c1-3-8(2)17-13(15)16-6-9-4-10(14)12-11(5-9)18-7-19-12/h4-5,8H,3,6-7H2,1-2H3,(H3,15,16,17). The number of nitrogens with one attached hydrogen (secondary N) is 1. The predicted molar refractivity (Wildman–Crippen MR) is 78.5 cm³/mol. The first-order valence-electron chi connectivity index (χ1n) is 6.24. The molecule has 3 N–H and O–H groups in total. The molecule has 0 aromatic heterocycles. The van der Waals surface area contributed by atoms with E-state index in [1.165, 1.54) is 0 Å². The Balaban J connectivity index is 2.04. The van der Waals surface area contributed by atoms with Gasteiger partial charge in [-0.05, 0) is 47.0 Å². The van der Waals surface area contributed by atoms with Crippen molar-refractivity contribution in [3.8, 4) is 11.5 Å². The molecular weight excluding hydrogens is 310 g/mol. The summed E-state index contributed by atoms with van der Waals surface area (Å²) in [5, 5.41) is 3.13. The molecule has 0 aliphatic carbocycles. The van der Waals surface area contributed by atoms with Crippen LogP contribution in [0.1, 0.15) is 25.8 Å². The molecule has 5 nitrogen and oxygen atoms in total. The second-order valence-corrected chi connectivity index (χ2v) is 5.32. The van der Waals surface area contributed by atoms with Gasteiger partial charge in [0, 0.05) is 6.04 Å². The highest BCUT2D eigenvalue weighted by atomic mass is 79.9. The summed E-state index contributed by atoms with van der Waals surface area (Å²) in [7, 11) is 0. The summed E-state index contributed by atoms with van der Waals surface area (Å²) >= 11 is 3.46. The lowest BCUT2D eigenvalue weighted by molar-refractivity contribution is 0.173. The second kappa shape index (κ2) is 6.14. The van der Waals surface area contributed by atoms with Gasteiger partial charge < -0.3 is 20.5 Å². The van der Waals surface area contributed by atoms with Gasteiger partial charge in [-0.1, -0.05) is 6.92 Å². The molecule has 2 rings (SSSR count). The molecular formula is C13H18BrN3O2. The summed E-state index contributed by atoms with van der Waals surface area (Å²) < 4.78 is 11.6. The molecule has 0 radical (unpaired) electrons. The van der Waals surface area contributed by atoms with Crippen molar-refractivity contribution in [3.63, 3.8) is 0 Å². The van der Waals surface area contributed by atoms with E-state index in [0.29, 0.717) is 18.5 Å². The Morgan fingerprint density at radius 3 is 3.05 bits per heavy atom. The quantitative estimate of drug-likeness (QED) is 0.658. The summed E-state index contributed by atoms with van der Waals surface area (Å²) in [5.74, 6) is 1.95. The van der Waals surface area contributed by atoms with Crippen LogP contribution in [0.4, 0.5) is 0 Å². The van der Waals surface area contributed by atoms with Gasteiger partial charge in [0.1, 0.15) is 0 Å². The summed E-state index contributed by atoms with van der Waals surface area (Å²) in [6, 6.07) is 4.22. The van der Waals surface area contributed by atoms with Gasteiger partial charge in [0.05, 0.1) is 11.0 Å². The Kier molecular flexibility index (Phi) is 4.52. The van der Waals surface area contributed by atoms with E-state index in [9.17, 15) is 0 Å². The van der Waals surface area contributed by atoms with Crippen molar-refractivity contribution >= 4 is 21.9 Å². The van der Waals surface area contributed by atoms with E-state index in [2.05, 4.69) is 40.1 Å². The minimum absolute atomic E-state index is 0.262. The third-order valence-electron chi connectivity index (χ3n) is 2.93. The highest BCUT2D eigenvalue weighted by Crippen LogP contribution is 2.40. The van der Waals surface area contributed by atoms with Crippen LogP contribution in [0.2, 0.25) is 0 Å². The first-order chi connectivity index (χ1) is 9.10. The van der Waals surface area contributed by atoms with Gasteiger partial charge in [-0.15, -0.1) is 0 Å². The molecule has 0 fully saturated rings. The second-order valence-electron chi connectivity index (χ2n) is 4.47. The van der Waals surface area contributed by atoms with Crippen molar-refractivity contribution in [2.45, 2.75) is 32.9 Å². The van der Waals surface area contributed by atoms with Gasteiger partial charge >= 0.3 is 0 Å². The SMILES string of the molecule is CCC(C)NC(N)=NCc1cc(Br)c2c(c1)OCO2.